The third-order valence-corrected chi connectivity index (χ3v) is 3.25. The van der Waals surface area contributed by atoms with Crippen LogP contribution in [0.15, 0.2) is 0 Å². The Labute approximate surface area is 94.9 Å². The predicted molar refractivity (Wildman–Crippen MR) is 58.5 cm³/mol. The summed E-state index contributed by atoms with van der Waals surface area (Å²) in [5.74, 6) is -0.628. The van der Waals surface area contributed by atoms with Crippen molar-refractivity contribution in [3.05, 3.63) is 0 Å². The van der Waals surface area contributed by atoms with Crippen LogP contribution < -0.4 is 5.32 Å². The first-order valence-corrected chi connectivity index (χ1v) is 7.17. The second-order valence-electron chi connectivity index (χ2n) is 3.90. The summed E-state index contributed by atoms with van der Waals surface area (Å²) in [5, 5.41) is 2.65. The number of amides is 2. The van der Waals surface area contributed by atoms with Crippen molar-refractivity contribution in [3.8, 4) is 0 Å². The van der Waals surface area contributed by atoms with Gasteiger partial charge in [-0.15, -0.1) is 0 Å². The highest BCUT2D eigenvalue weighted by Gasteiger charge is 2.20. The monoisotopic (exact) mass is 248 g/mol. The molecule has 0 aromatic carbocycles. The Bertz CT molecular complexity index is 377. The zero-order valence-electron chi connectivity index (χ0n) is 9.23. The number of sulfone groups is 1. The number of carbonyl (C=O) groups excluding carboxylic acids is 2. The van der Waals surface area contributed by atoms with Crippen LogP contribution in [0.1, 0.15) is 12.8 Å². The van der Waals surface area contributed by atoms with E-state index >= 15 is 0 Å². The van der Waals surface area contributed by atoms with Crippen molar-refractivity contribution in [2.45, 2.75) is 12.8 Å². The van der Waals surface area contributed by atoms with Gasteiger partial charge in [0.2, 0.25) is 11.8 Å². The molecule has 1 N–H and O–H groups in total. The van der Waals surface area contributed by atoms with E-state index in [1.165, 1.54) is 4.90 Å². The number of nitrogens with one attached hydrogen (secondary N) is 1. The average Bonchev–Trinajstić information content (AvgIpc) is 2.38. The minimum Gasteiger partial charge on any atom is -0.354 e. The molecule has 0 aromatic rings. The molecule has 92 valence electrons. The summed E-state index contributed by atoms with van der Waals surface area (Å²) < 4.78 is 21.8. The van der Waals surface area contributed by atoms with Crippen LogP contribution >= 0.6 is 0 Å². The number of rotatable bonds is 3. The van der Waals surface area contributed by atoms with Crippen molar-refractivity contribution in [2.24, 2.45) is 0 Å². The van der Waals surface area contributed by atoms with E-state index in [-0.39, 0.29) is 30.5 Å². The topological polar surface area (TPSA) is 83.6 Å². The quantitative estimate of drug-likeness (QED) is 0.678. The molecule has 7 heteroatoms. The molecule has 0 unspecified atom stereocenters. The van der Waals surface area contributed by atoms with E-state index in [0.717, 1.165) is 6.26 Å². The maximum Gasteiger partial charge on any atom is 0.239 e. The number of nitrogens with zero attached hydrogens (tertiary/aromatic N) is 1. The van der Waals surface area contributed by atoms with Gasteiger partial charge in [-0.3, -0.25) is 9.59 Å². The molecule has 2 amide bonds. The van der Waals surface area contributed by atoms with E-state index in [4.69, 9.17) is 0 Å². The van der Waals surface area contributed by atoms with Gasteiger partial charge < -0.3 is 10.2 Å². The molecule has 1 rings (SSSR count). The second kappa shape index (κ2) is 5.29. The van der Waals surface area contributed by atoms with Gasteiger partial charge in [-0.1, -0.05) is 0 Å². The molecule has 1 aliphatic heterocycles. The van der Waals surface area contributed by atoms with Gasteiger partial charge in [0.05, 0.1) is 12.3 Å². The lowest BCUT2D eigenvalue weighted by Gasteiger charge is -2.18. The Morgan fingerprint density at radius 1 is 1.50 bits per heavy atom. The highest BCUT2D eigenvalue weighted by atomic mass is 32.2. The van der Waals surface area contributed by atoms with E-state index in [1.807, 2.05) is 0 Å². The maximum absolute atomic E-state index is 11.6. The zero-order chi connectivity index (χ0) is 12.2. The zero-order valence-corrected chi connectivity index (χ0v) is 10.0. The summed E-state index contributed by atoms with van der Waals surface area (Å²) in [5.41, 5.74) is 0. The van der Waals surface area contributed by atoms with Gasteiger partial charge in [-0.2, -0.15) is 0 Å². The van der Waals surface area contributed by atoms with Crippen LogP contribution in [0.4, 0.5) is 0 Å². The molecule has 0 spiro atoms. The second-order valence-corrected chi connectivity index (χ2v) is 6.16. The Morgan fingerprint density at radius 2 is 2.19 bits per heavy atom. The van der Waals surface area contributed by atoms with Crippen LogP contribution in [-0.4, -0.2) is 56.8 Å². The van der Waals surface area contributed by atoms with Gasteiger partial charge in [0.1, 0.15) is 9.84 Å². The van der Waals surface area contributed by atoms with Gasteiger partial charge in [0, 0.05) is 25.8 Å². The van der Waals surface area contributed by atoms with E-state index in [9.17, 15) is 18.0 Å². The van der Waals surface area contributed by atoms with Crippen molar-refractivity contribution < 1.29 is 18.0 Å². The third kappa shape index (κ3) is 4.61. The first-order valence-electron chi connectivity index (χ1n) is 5.11. The van der Waals surface area contributed by atoms with Crippen LogP contribution in [0.5, 0.6) is 0 Å². The van der Waals surface area contributed by atoms with E-state index < -0.39 is 9.84 Å². The molecule has 0 radical (unpaired) electrons. The highest BCUT2D eigenvalue weighted by Crippen LogP contribution is 2.01. The fraction of sp³-hybridized carbons (Fsp3) is 0.778. The van der Waals surface area contributed by atoms with Crippen molar-refractivity contribution in [3.63, 3.8) is 0 Å². The summed E-state index contributed by atoms with van der Waals surface area (Å²) in [6, 6.07) is 0. The lowest BCUT2D eigenvalue weighted by atomic mass is 10.3. The first-order chi connectivity index (χ1) is 7.38. The van der Waals surface area contributed by atoms with Gasteiger partial charge in [-0.05, 0) is 6.42 Å². The molecule has 1 aliphatic rings. The van der Waals surface area contributed by atoms with Crippen molar-refractivity contribution in [1.82, 2.24) is 10.2 Å². The van der Waals surface area contributed by atoms with Gasteiger partial charge >= 0.3 is 0 Å². The smallest absolute Gasteiger partial charge is 0.239 e. The van der Waals surface area contributed by atoms with Crippen LogP contribution in [0, 0.1) is 0 Å². The minimum absolute atomic E-state index is 0.0304. The van der Waals surface area contributed by atoms with Gasteiger partial charge in [-0.25, -0.2) is 8.42 Å². The third-order valence-electron chi connectivity index (χ3n) is 2.30. The van der Waals surface area contributed by atoms with E-state index in [1.54, 1.807) is 0 Å². The van der Waals surface area contributed by atoms with Crippen molar-refractivity contribution in [1.29, 1.82) is 0 Å². The Kier molecular flexibility index (Phi) is 4.28. The average molecular weight is 248 g/mol. The lowest BCUT2D eigenvalue weighted by molar-refractivity contribution is -0.134. The molecule has 0 aliphatic carbocycles. The van der Waals surface area contributed by atoms with E-state index in [2.05, 4.69) is 5.32 Å². The minimum atomic E-state index is -3.13. The highest BCUT2D eigenvalue weighted by molar-refractivity contribution is 7.90. The van der Waals surface area contributed by atoms with Crippen LogP contribution in [-0.2, 0) is 19.4 Å². The van der Waals surface area contributed by atoms with Crippen LogP contribution in [0.3, 0.4) is 0 Å². The van der Waals surface area contributed by atoms with E-state index in [0.29, 0.717) is 19.5 Å². The summed E-state index contributed by atoms with van der Waals surface area (Å²) in [6.07, 6.45) is 1.75. The summed E-state index contributed by atoms with van der Waals surface area (Å²) in [7, 11) is -3.13. The summed E-state index contributed by atoms with van der Waals surface area (Å²) in [4.78, 5) is 24.2. The summed E-state index contributed by atoms with van der Waals surface area (Å²) >= 11 is 0. The Balaban J connectivity index is 2.49. The molecule has 1 saturated heterocycles. The Hall–Kier alpha value is -1.11. The lowest BCUT2D eigenvalue weighted by Crippen LogP contribution is -2.37. The molecule has 0 atom stereocenters. The molecule has 6 nitrogen and oxygen atoms in total. The molecule has 16 heavy (non-hydrogen) atoms. The molecule has 0 aromatic heterocycles. The largest absolute Gasteiger partial charge is 0.354 e. The fourth-order valence-electron chi connectivity index (χ4n) is 1.45. The van der Waals surface area contributed by atoms with Gasteiger partial charge in [0.15, 0.2) is 0 Å². The van der Waals surface area contributed by atoms with Crippen molar-refractivity contribution >= 4 is 21.7 Å². The fourth-order valence-corrected chi connectivity index (χ4v) is 2.00. The molecular weight excluding hydrogens is 232 g/mol. The van der Waals surface area contributed by atoms with Gasteiger partial charge in [0.25, 0.3) is 0 Å². The molecule has 1 heterocycles. The van der Waals surface area contributed by atoms with Crippen LogP contribution in [0.25, 0.3) is 0 Å². The molecule has 0 bridgehead atoms. The summed E-state index contributed by atoms with van der Waals surface area (Å²) in [6.45, 7) is 1.10. The molecular formula is C9H16N2O4S. The Morgan fingerprint density at radius 3 is 2.81 bits per heavy atom. The van der Waals surface area contributed by atoms with Crippen molar-refractivity contribution in [2.75, 3.05) is 31.6 Å². The maximum atomic E-state index is 11.6. The first kappa shape index (κ1) is 13.0. The number of hydrogen-bond acceptors (Lipinski definition) is 4. The molecule has 0 saturated carbocycles. The predicted octanol–water partition coefficient (Wildman–Crippen LogP) is -1.23. The normalized spacial score (nSPS) is 17.8. The number of carbonyl (C=O) groups is 2. The van der Waals surface area contributed by atoms with Crippen LogP contribution in [0.2, 0.25) is 0 Å². The SMILES string of the molecule is CS(=O)(=O)CCC(=O)N1CCCNC(=O)C1. The molecule has 1 fully saturated rings. The number of hydrogen-bond donors (Lipinski definition) is 1. The standard InChI is InChI=1S/C9H16N2O4S/c1-16(14,15)6-3-9(13)11-5-2-4-10-8(12)7-11/h2-7H2,1H3,(H,10,12).